The summed E-state index contributed by atoms with van der Waals surface area (Å²) in [7, 11) is 0. The highest BCUT2D eigenvalue weighted by molar-refractivity contribution is 5.81. The van der Waals surface area contributed by atoms with Gasteiger partial charge >= 0.3 is 12.1 Å². The molecule has 0 saturated carbocycles. The van der Waals surface area contributed by atoms with Crippen molar-refractivity contribution < 1.29 is 19.1 Å². The van der Waals surface area contributed by atoms with E-state index in [0.717, 1.165) is 44.6 Å². The Hall–Kier alpha value is -3.56. The Labute approximate surface area is 226 Å². The fraction of sp³-hybridized carbons (Fsp3) is 0.571. The number of nitrogens with zero attached hydrogens (tertiary/aromatic N) is 4. The van der Waals surface area contributed by atoms with Gasteiger partial charge in [-0.2, -0.15) is 4.98 Å². The normalized spacial score (nSPS) is 14.1. The zero-order valence-corrected chi connectivity index (χ0v) is 23.5. The molecule has 0 bridgehead atoms. The standard InChI is InChI=1S/C28H42N6O4/c1-7-29-23-19-30-26(33(8-2)9-3)32-24(23)31-22(25(35)38-28(4,5)6)18-20-12-14-21(15-13-20)37-27(36)34-16-10-11-17-34/h12-15,19,22,29H,7-11,16-18H2,1-6H3,(H,30,31,32)/t22-/m1/s1. The van der Waals surface area contributed by atoms with E-state index in [4.69, 9.17) is 14.5 Å². The van der Waals surface area contributed by atoms with E-state index < -0.39 is 11.6 Å². The molecule has 1 amide bonds. The largest absolute Gasteiger partial charge is 0.458 e. The van der Waals surface area contributed by atoms with E-state index in [9.17, 15) is 9.59 Å². The summed E-state index contributed by atoms with van der Waals surface area (Å²) in [6.45, 7) is 15.3. The number of esters is 1. The Morgan fingerprint density at radius 3 is 2.32 bits per heavy atom. The van der Waals surface area contributed by atoms with Crippen LogP contribution >= 0.6 is 0 Å². The lowest BCUT2D eigenvalue weighted by Gasteiger charge is -2.26. The number of rotatable bonds is 11. The maximum absolute atomic E-state index is 13.3. The molecule has 2 aromatic rings. The Kier molecular flexibility index (Phi) is 10.2. The number of likely N-dealkylation sites (tertiary alicyclic amines) is 1. The predicted molar refractivity (Wildman–Crippen MR) is 150 cm³/mol. The van der Waals surface area contributed by atoms with Crippen LogP contribution in [0.4, 0.5) is 22.2 Å². The minimum atomic E-state index is -0.705. The molecule has 38 heavy (non-hydrogen) atoms. The molecule has 1 fully saturated rings. The first-order chi connectivity index (χ1) is 18.1. The average Bonchev–Trinajstić information content (AvgIpc) is 3.41. The number of ether oxygens (including phenoxy) is 2. The number of benzene rings is 1. The van der Waals surface area contributed by atoms with Crippen LogP contribution in [0.5, 0.6) is 5.75 Å². The predicted octanol–water partition coefficient (Wildman–Crippen LogP) is 4.71. The number of carbonyl (C=O) groups excluding carboxylic acids is 2. The second kappa shape index (κ2) is 13.3. The van der Waals surface area contributed by atoms with Crippen LogP contribution in [-0.2, 0) is 16.0 Å². The van der Waals surface area contributed by atoms with Gasteiger partial charge in [-0.15, -0.1) is 0 Å². The van der Waals surface area contributed by atoms with Crippen molar-refractivity contribution in [3.05, 3.63) is 36.0 Å². The quantitative estimate of drug-likeness (QED) is 0.402. The Bertz CT molecular complexity index is 1060. The van der Waals surface area contributed by atoms with Crippen molar-refractivity contribution in [1.29, 1.82) is 0 Å². The van der Waals surface area contributed by atoms with Crippen molar-refractivity contribution in [2.24, 2.45) is 0 Å². The van der Waals surface area contributed by atoms with Crippen LogP contribution in [0.1, 0.15) is 59.9 Å². The smallest absolute Gasteiger partial charge is 0.415 e. The van der Waals surface area contributed by atoms with E-state index >= 15 is 0 Å². The van der Waals surface area contributed by atoms with Gasteiger partial charge in [0.1, 0.15) is 17.4 Å². The van der Waals surface area contributed by atoms with Crippen LogP contribution < -0.4 is 20.3 Å². The molecule has 3 rings (SSSR count). The molecule has 0 radical (unpaired) electrons. The molecule has 208 valence electrons. The van der Waals surface area contributed by atoms with E-state index in [1.807, 2.05) is 58.6 Å². The first-order valence-corrected chi connectivity index (χ1v) is 13.5. The van der Waals surface area contributed by atoms with E-state index in [1.165, 1.54) is 0 Å². The molecule has 1 aromatic carbocycles. The van der Waals surface area contributed by atoms with Crippen molar-refractivity contribution in [3.63, 3.8) is 0 Å². The molecule has 0 spiro atoms. The second-order valence-electron chi connectivity index (χ2n) is 10.3. The minimum absolute atomic E-state index is 0.327. The summed E-state index contributed by atoms with van der Waals surface area (Å²) in [5.41, 5.74) is 0.950. The topological polar surface area (TPSA) is 109 Å². The lowest BCUT2D eigenvalue weighted by Crippen LogP contribution is -2.38. The van der Waals surface area contributed by atoms with Crippen LogP contribution in [0.15, 0.2) is 30.5 Å². The molecule has 2 N–H and O–H groups in total. The number of aromatic nitrogens is 2. The molecule has 1 aliphatic rings. The van der Waals surface area contributed by atoms with Crippen LogP contribution in [-0.4, -0.2) is 71.3 Å². The summed E-state index contributed by atoms with van der Waals surface area (Å²) in [5.74, 6) is 1.22. The van der Waals surface area contributed by atoms with E-state index in [1.54, 1.807) is 23.2 Å². The fourth-order valence-electron chi connectivity index (χ4n) is 4.19. The SMILES string of the molecule is CCNc1cnc(N(CC)CC)nc1N[C@H](Cc1ccc(OC(=O)N2CCCC2)cc1)C(=O)OC(C)(C)C. The van der Waals surface area contributed by atoms with E-state index in [2.05, 4.69) is 15.6 Å². The number of hydrogen-bond acceptors (Lipinski definition) is 9. The third-order valence-corrected chi connectivity index (χ3v) is 6.12. The second-order valence-corrected chi connectivity index (χ2v) is 10.3. The molecule has 0 aliphatic carbocycles. The van der Waals surface area contributed by atoms with Crippen LogP contribution in [0.2, 0.25) is 0 Å². The molecule has 0 unspecified atom stereocenters. The zero-order valence-electron chi connectivity index (χ0n) is 23.5. The number of carbonyl (C=O) groups is 2. The molecule has 1 aromatic heterocycles. The molecule has 1 saturated heterocycles. The summed E-state index contributed by atoms with van der Waals surface area (Å²) in [6.07, 6.45) is 3.77. The van der Waals surface area contributed by atoms with Gasteiger partial charge in [-0.05, 0) is 72.1 Å². The highest BCUT2D eigenvalue weighted by atomic mass is 16.6. The van der Waals surface area contributed by atoms with Gasteiger partial charge in [-0.25, -0.2) is 14.6 Å². The van der Waals surface area contributed by atoms with Crippen LogP contribution in [0, 0.1) is 0 Å². The summed E-state index contributed by atoms with van der Waals surface area (Å²) in [5, 5.41) is 6.60. The highest BCUT2D eigenvalue weighted by Gasteiger charge is 2.27. The molecule has 10 heteroatoms. The van der Waals surface area contributed by atoms with Crippen LogP contribution in [0.25, 0.3) is 0 Å². The molecule has 1 atom stereocenters. The monoisotopic (exact) mass is 526 g/mol. The van der Waals surface area contributed by atoms with E-state index in [-0.39, 0.29) is 12.1 Å². The van der Waals surface area contributed by atoms with Gasteiger partial charge in [0.25, 0.3) is 0 Å². The average molecular weight is 527 g/mol. The highest BCUT2D eigenvalue weighted by Crippen LogP contribution is 2.25. The van der Waals surface area contributed by atoms with Crippen molar-refractivity contribution in [2.75, 3.05) is 48.3 Å². The van der Waals surface area contributed by atoms with Gasteiger partial charge in [-0.1, -0.05) is 12.1 Å². The molecule has 2 heterocycles. The lowest BCUT2D eigenvalue weighted by atomic mass is 10.0. The van der Waals surface area contributed by atoms with Crippen molar-refractivity contribution >= 4 is 29.5 Å². The summed E-state index contributed by atoms with van der Waals surface area (Å²) >= 11 is 0. The van der Waals surface area contributed by atoms with Crippen molar-refractivity contribution in [2.45, 2.75) is 72.4 Å². The molecular formula is C28H42N6O4. The first-order valence-electron chi connectivity index (χ1n) is 13.5. The summed E-state index contributed by atoms with van der Waals surface area (Å²) < 4.78 is 11.3. The van der Waals surface area contributed by atoms with Gasteiger partial charge in [0.15, 0.2) is 5.82 Å². The van der Waals surface area contributed by atoms with Gasteiger partial charge in [-0.3, -0.25) is 0 Å². The lowest BCUT2D eigenvalue weighted by molar-refractivity contribution is -0.155. The van der Waals surface area contributed by atoms with Gasteiger partial charge < -0.3 is 29.9 Å². The molecular weight excluding hydrogens is 484 g/mol. The van der Waals surface area contributed by atoms with Crippen molar-refractivity contribution in [3.8, 4) is 5.75 Å². The minimum Gasteiger partial charge on any atom is -0.458 e. The number of amides is 1. The molecule has 1 aliphatic heterocycles. The maximum Gasteiger partial charge on any atom is 0.415 e. The third-order valence-electron chi connectivity index (χ3n) is 6.12. The van der Waals surface area contributed by atoms with Gasteiger partial charge in [0.2, 0.25) is 5.95 Å². The number of nitrogens with one attached hydrogen (secondary N) is 2. The summed E-state index contributed by atoms with van der Waals surface area (Å²) in [4.78, 5) is 38.6. The fourth-order valence-corrected chi connectivity index (χ4v) is 4.19. The Morgan fingerprint density at radius 1 is 1.08 bits per heavy atom. The van der Waals surface area contributed by atoms with Crippen molar-refractivity contribution in [1.82, 2.24) is 14.9 Å². The van der Waals surface area contributed by atoms with Gasteiger partial charge in [0.05, 0.1) is 11.9 Å². The third kappa shape index (κ3) is 8.22. The summed E-state index contributed by atoms with van der Waals surface area (Å²) in [6, 6.07) is 6.52. The first kappa shape index (κ1) is 29.0. The Morgan fingerprint density at radius 2 is 1.74 bits per heavy atom. The number of anilines is 3. The molecule has 10 nitrogen and oxygen atoms in total. The zero-order chi connectivity index (χ0) is 27.7. The van der Waals surface area contributed by atoms with E-state index in [0.29, 0.717) is 36.2 Å². The Balaban J connectivity index is 1.82. The van der Waals surface area contributed by atoms with Gasteiger partial charge in [0, 0.05) is 39.1 Å². The van der Waals surface area contributed by atoms with Crippen LogP contribution in [0.3, 0.4) is 0 Å². The number of hydrogen-bond donors (Lipinski definition) is 2. The maximum atomic E-state index is 13.3.